The zero-order chi connectivity index (χ0) is 14.7. The molecule has 3 rings (SSSR count). The lowest BCUT2D eigenvalue weighted by molar-refractivity contribution is 0.529. The Morgan fingerprint density at radius 1 is 1.00 bits per heavy atom. The van der Waals surface area contributed by atoms with Crippen LogP contribution in [0.4, 0.5) is 17.8 Å². The van der Waals surface area contributed by atoms with Crippen LogP contribution in [0.25, 0.3) is 0 Å². The quantitative estimate of drug-likeness (QED) is 0.915. The normalized spacial score (nSPS) is 22.8. The summed E-state index contributed by atoms with van der Waals surface area (Å²) >= 11 is 0. The lowest BCUT2D eigenvalue weighted by Crippen LogP contribution is -2.32. The van der Waals surface area contributed by atoms with Gasteiger partial charge in [-0.25, -0.2) is 0 Å². The zero-order valence-electron chi connectivity index (χ0n) is 13.0. The molecule has 6 heteroatoms. The minimum atomic E-state index is 0.347. The van der Waals surface area contributed by atoms with Crippen LogP contribution in [0.5, 0.6) is 0 Å². The van der Waals surface area contributed by atoms with Gasteiger partial charge < -0.3 is 15.5 Å². The molecule has 0 bridgehead atoms. The molecule has 2 aliphatic heterocycles. The van der Waals surface area contributed by atoms with Crippen molar-refractivity contribution in [2.75, 3.05) is 41.7 Å². The number of hydrogen-bond donors (Lipinski definition) is 1. The van der Waals surface area contributed by atoms with Crippen molar-refractivity contribution in [1.82, 2.24) is 15.0 Å². The zero-order valence-corrected chi connectivity index (χ0v) is 13.0. The molecule has 0 radical (unpaired) electrons. The Morgan fingerprint density at radius 2 is 1.71 bits per heavy atom. The van der Waals surface area contributed by atoms with Crippen LogP contribution in [-0.4, -0.2) is 41.1 Å². The highest BCUT2D eigenvalue weighted by atomic mass is 15.4. The maximum Gasteiger partial charge on any atom is 0.231 e. The number of rotatable bonds is 4. The molecule has 2 N–H and O–H groups in total. The fraction of sp³-hybridized carbons (Fsp3) is 0.800. The van der Waals surface area contributed by atoms with Crippen molar-refractivity contribution in [3.05, 3.63) is 0 Å². The summed E-state index contributed by atoms with van der Waals surface area (Å²) in [7, 11) is 0. The Kier molecular flexibility index (Phi) is 4.41. The molecule has 1 atom stereocenters. The third-order valence-corrected chi connectivity index (χ3v) is 4.53. The van der Waals surface area contributed by atoms with E-state index in [0.717, 1.165) is 44.0 Å². The molecule has 0 aromatic carbocycles. The van der Waals surface area contributed by atoms with Gasteiger partial charge in [-0.2, -0.15) is 15.0 Å². The Morgan fingerprint density at radius 3 is 2.43 bits per heavy atom. The molecular weight excluding hydrogens is 264 g/mol. The number of anilines is 3. The van der Waals surface area contributed by atoms with E-state index in [1.807, 2.05) is 0 Å². The topological polar surface area (TPSA) is 71.2 Å². The maximum atomic E-state index is 5.91. The summed E-state index contributed by atoms with van der Waals surface area (Å²) in [6.45, 7) is 6.39. The highest BCUT2D eigenvalue weighted by Crippen LogP contribution is 2.26. The standard InChI is InChI=1S/C15H26N6/c1-2-6-12-7-10-21(11-12)15-18-13(16)17-14(19-15)20-8-4-3-5-9-20/h12H,2-11H2,1H3,(H2,16,17,18,19). The van der Waals surface area contributed by atoms with Crippen molar-refractivity contribution in [2.45, 2.75) is 45.4 Å². The second-order valence-electron chi connectivity index (χ2n) is 6.23. The van der Waals surface area contributed by atoms with Crippen molar-refractivity contribution in [3.63, 3.8) is 0 Å². The van der Waals surface area contributed by atoms with Gasteiger partial charge in [-0.15, -0.1) is 0 Å². The summed E-state index contributed by atoms with van der Waals surface area (Å²) in [6.07, 6.45) is 7.49. The number of aromatic nitrogens is 3. The third kappa shape index (κ3) is 3.36. The average molecular weight is 290 g/mol. The molecule has 2 aliphatic rings. The van der Waals surface area contributed by atoms with Gasteiger partial charge in [0.1, 0.15) is 0 Å². The van der Waals surface area contributed by atoms with Crippen molar-refractivity contribution < 1.29 is 0 Å². The van der Waals surface area contributed by atoms with Crippen LogP contribution in [0.1, 0.15) is 45.4 Å². The minimum absolute atomic E-state index is 0.347. The molecule has 0 amide bonds. The number of nitrogens with two attached hydrogens (primary N) is 1. The highest BCUT2D eigenvalue weighted by Gasteiger charge is 2.25. The number of nitrogens with zero attached hydrogens (tertiary/aromatic N) is 5. The minimum Gasteiger partial charge on any atom is -0.368 e. The van der Waals surface area contributed by atoms with Gasteiger partial charge in [0, 0.05) is 26.2 Å². The Balaban J connectivity index is 1.75. The van der Waals surface area contributed by atoms with E-state index in [1.54, 1.807) is 0 Å². The van der Waals surface area contributed by atoms with Crippen molar-refractivity contribution >= 4 is 17.8 Å². The molecule has 0 saturated carbocycles. The van der Waals surface area contributed by atoms with Gasteiger partial charge in [0.05, 0.1) is 0 Å². The van der Waals surface area contributed by atoms with Gasteiger partial charge in [-0.3, -0.25) is 0 Å². The van der Waals surface area contributed by atoms with Gasteiger partial charge in [0.25, 0.3) is 0 Å². The smallest absolute Gasteiger partial charge is 0.231 e. The molecule has 0 spiro atoms. The summed E-state index contributed by atoms with van der Waals surface area (Å²) in [5, 5.41) is 0. The lowest BCUT2D eigenvalue weighted by Gasteiger charge is -2.27. The van der Waals surface area contributed by atoms with Gasteiger partial charge >= 0.3 is 0 Å². The van der Waals surface area contributed by atoms with E-state index < -0.39 is 0 Å². The first-order valence-electron chi connectivity index (χ1n) is 8.27. The van der Waals surface area contributed by atoms with E-state index in [1.165, 1.54) is 38.5 Å². The molecular formula is C15H26N6. The van der Waals surface area contributed by atoms with Crippen LogP contribution in [0, 0.1) is 5.92 Å². The summed E-state index contributed by atoms with van der Waals surface area (Å²) in [5.74, 6) is 2.64. The molecule has 1 aromatic rings. The average Bonchev–Trinajstić information content (AvgIpc) is 2.97. The number of nitrogen functional groups attached to an aromatic ring is 1. The first-order chi connectivity index (χ1) is 10.3. The molecule has 2 fully saturated rings. The summed E-state index contributed by atoms with van der Waals surface area (Å²) in [5.41, 5.74) is 5.91. The number of hydrogen-bond acceptors (Lipinski definition) is 6. The maximum absolute atomic E-state index is 5.91. The SMILES string of the molecule is CCCC1CCN(c2nc(N)nc(N3CCCCC3)n2)C1. The molecule has 1 aromatic heterocycles. The van der Waals surface area contributed by atoms with E-state index >= 15 is 0 Å². The van der Waals surface area contributed by atoms with Crippen LogP contribution < -0.4 is 15.5 Å². The van der Waals surface area contributed by atoms with Crippen LogP contribution in [-0.2, 0) is 0 Å². The molecule has 2 saturated heterocycles. The Labute approximate surface area is 126 Å². The monoisotopic (exact) mass is 290 g/mol. The van der Waals surface area contributed by atoms with E-state index in [-0.39, 0.29) is 0 Å². The molecule has 3 heterocycles. The van der Waals surface area contributed by atoms with Crippen molar-refractivity contribution in [2.24, 2.45) is 5.92 Å². The fourth-order valence-electron chi connectivity index (χ4n) is 3.40. The second-order valence-corrected chi connectivity index (χ2v) is 6.23. The predicted molar refractivity (Wildman–Crippen MR) is 85.5 cm³/mol. The Hall–Kier alpha value is -1.59. The molecule has 21 heavy (non-hydrogen) atoms. The van der Waals surface area contributed by atoms with Gasteiger partial charge in [0.15, 0.2) is 0 Å². The third-order valence-electron chi connectivity index (χ3n) is 4.53. The first-order valence-corrected chi connectivity index (χ1v) is 8.27. The van der Waals surface area contributed by atoms with Crippen molar-refractivity contribution in [3.8, 4) is 0 Å². The summed E-state index contributed by atoms with van der Waals surface area (Å²) < 4.78 is 0. The number of piperidine rings is 1. The van der Waals surface area contributed by atoms with Gasteiger partial charge in [0.2, 0.25) is 17.8 Å². The first kappa shape index (κ1) is 14.4. The molecule has 1 unspecified atom stereocenters. The summed E-state index contributed by atoms with van der Waals surface area (Å²) in [4.78, 5) is 17.9. The Bertz CT molecular complexity index is 471. The van der Waals surface area contributed by atoms with Crippen LogP contribution in [0.15, 0.2) is 0 Å². The van der Waals surface area contributed by atoms with Gasteiger partial charge in [-0.1, -0.05) is 13.3 Å². The van der Waals surface area contributed by atoms with Crippen LogP contribution in [0.3, 0.4) is 0 Å². The van der Waals surface area contributed by atoms with Gasteiger partial charge in [-0.05, 0) is 38.0 Å². The van der Waals surface area contributed by atoms with Crippen LogP contribution in [0.2, 0.25) is 0 Å². The molecule has 6 nitrogen and oxygen atoms in total. The predicted octanol–water partition coefficient (Wildman–Crippen LogP) is 2.07. The molecule has 0 aliphatic carbocycles. The molecule has 116 valence electrons. The highest BCUT2D eigenvalue weighted by molar-refractivity contribution is 5.44. The summed E-state index contributed by atoms with van der Waals surface area (Å²) in [6, 6.07) is 0. The van der Waals surface area contributed by atoms with E-state index in [4.69, 9.17) is 5.73 Å². The second kappa shape index (κ2) is 6.45. The fourth-order valence-corrected chi connectivity index (χ4v) is 3.40. The largest absolute Gasteiger partial charge is 0.368 e. The van der Waals surface area contributed by atoms with Crippen molar-refractivity contribution in [1.29, 1.82) is 0 Å². The van der Waals surface area contributed by atoms with Crippen LogP contribution >= 0.6 is 0 Å². The van der Waals surface area contributed by atoms with E-state index in [0.29, 0.717) is 5.95 Å². The van der Waals surface area contributed by atoms with E-state index in [2.05, 4.69) is 31.7 Å². The lowest BCUT2D eigenvalue weighted by atomic mass is 10.0. The van der Waals surface area contributed by atoms with E-state index in [9.17, 15) is 0 Å².